The van der Waals surface area contributed by atoms with Crippen molar-refractivity contribution in [3.63, 3.8) is 0 Å². The van der Waals surface area contributed by atoms with E-state index in [1.807, 2.05) is 52.8 Å². The lowest BCUT2D eigenvalue weighted by atomic mass is 9.81. The van der Waals surface area contributed by atoms with Crippen molar-refractivity contribution in [1.82, 2.24) is 0 Å². The van der Waals surface area contributed by atoms with E-state index in [-0.39, 0.29) is 96.1 Å². The lowest BCUT2D eigenvalue weighted by Crippen LogP contribution is -2.41. The third-order valence-corrected chi connectivity index (χ3v) is 13.5. The van der Waals surface area contributed by atoms with E-state index in [9.17, 15) is 14.4 Å². The molecule has 2 rings (SSSR count). The lowest BCUT2D eigenvalue weighted by molar-refractivity contribution is -0.152. The van der Waals surface area contributed by atoms with Gasteiger partial charge in [0.2, 0.25) is 0 Å². The van der Waals surface area contributed by atoms with Crippen molar-refractivity contribution >= 4 is 17.7 Å². The summed E-state index contributed by atoms with van der Waals surface area (Å²) in [5.74, 6) is -1.44. The van der Waals surface area contributed by atoms with Gasteiger partial charge in [0.05, 0.1) is 42.7 Å². The SMILES string of the molecule is CC[C@@H](OC)[C@@H](C)C(=O)CC[C@H](C)[C@H](OC)[C@H](C)[C@H]1OC(=O)/C=C/C=C(\C)C[C@@H](OC)CC2=CC(=O)O[C@H](C2)[C@H](C)[C@H](OC)C[C@H](OC)/C=C/[C@H](C)[C@@H](OC)C[C@@H](OC)/C=C/[C@@H]1C. The average molecular weight is 889 g/mol. The van der Waals surface area contributed by atoms with Crippen LogP contribution in [0.5, 0.6) is 0 Å². The molecule has 0 N–H and O–H groups in total. The predicted molar refractivity (Wildman–Crippen MR) is 247 cm³/mol. The summed E-state index contributed by atoms with van der Waals surface area (Å²) in [4.78, 5) is 39.7. The van der Waals surface area contributed by atoms with Crippen LogP contribution in [-0.2, 0) is 57.0 Å². The van der Waals surface area contributed by atoms with E-state index in [0.29, 0.717) is 44.9 Å². The van der Waals surface area contributed by atoms with Crippen molar-refractivity contribution in [2.24, 2.45) is 35.5 Å². The number of hydrogen-bond donors (Lipinski definition) is 0. The van der Waals surface area contributed by atoms with Gasteiger partial charge in [-0.05, 0) is 38.5 Å². The number of carbonyl (C=O) groups excluding carboxylic acids is 3. The molecular weight excluding hydrogens is 805 g/mol. The van der Waals surface area contributed by atoms with Gasteiger partial charge in [0, 0.05) is 117 Å². The number of cyclic esters (lactones) is 1. The third-order valence-electron chi connectivity index (χ3n) is 13.5. The van der Waals surface area contributed by atoms with Gasteiger partial charge < -0.3 is 42.6 Å². The number of ether oxygens (including phenoxy) is 9. The van der Waals surface area contributed by atoms with Crippen molar-refractivity contribution in [1.29, 1.82) is 0 Å². The van der Waals surface area contributed by atoms with Crippen LogP contribution in [-0.4, -0.2) is 122 Å². The minimum absolute atomic E-state index is 0.00357. The molecule has 0 saturated heterocycles. The van der Waals surface area contributed by atoms with Crippen molar-refractivity contribution in [2.45, 2.75) is 162 Å². The van der Waals surface area contributed by atoms with E-state index < -0.39 is 12.1 Å². The fourth-order valence-electron chi connectivity index (χ4n) is 9.19. The number of hydrogen-bond acceptors (Lipinski definition) is 12. The van der Waals surface area contributed by atoms with Gasteiger partial charge in [-0.3, -0.25) is 4.79 Å². The lowest BCUT2D eigenvalue weighted by Gasteiger charge is -2.35. The van der Waals surface area contributed by atoms with Crippen molar-refractivity contribution in [3.05, 3.63) is 59.8 Å². The third kappa shape index (κ3) is 18.4. The molecule has 2 bridgehead atoms. The Morgan fingerprint density at radius 2 is 1.37 bits per heavy atom. The molecule has 0 radical (unpaired) electrons. The maximum atomic E-state index is 13.6. The van der Waals surface area contributed by atoms with Gasteiger partial charge in [-0.2, -0.15) is 0 Å². The summed E-state index contributed by atoms with van der Waals surface area (Å²) in [5.41, 5.74) is 1.96. The highest BCUT2D eigenvalue weighted by molar-refractivity contribution is 5.84. The minimum atomic E-state index is -0.568. The first-order valence-electron chi connectivity index (χ1n) is 23.0. The normalized spacial score (nSPS) is 33.5. The molecule has 0 unspecified atom stereocenters. The zero-order valence-electron chi connectivity index (χ0n) is 41.3. The van der Waals surface area contributed by atoms with E-state index in [1.165, 1.54) is 6.08 Å². The molecule has 2 heterocycles. The molecule has 0 aromatic rings. The molecular formula is C51H84O12. The van der Waals surface area contributed by atoms with Crippen LogP contribution in [0.25, 0.3) is 0 Å². The monoisotopic (exact) mass is 889 g/mol. The van der Waals surface area contributed by atoms with E-state index in [2.05, 4.69) is 32.9 Å². The first-order valence-corrected chi connectivity index (χ1v) is 23.0. The quantitative estimate of drug-likeness (QED) is 0.108. The molecule has 15 atom stereocenters. The molecule has 0 aliphatic carbocycles. The van der Waals surface area contributed by atoms with Gasteiger partial charge in [-0.15, -0.1) is 0 Å². The molecule has 63 heavy (non-hydrogen) atoms. The van der Waals surface area contributed by atoms with Crippen LogP contribution in [0.4, 0.5) is 0 Å². The van der Waals surface area contributed by atoms with E-state index in [0.717, 1.165) is 17.6 Å². The molecule has 12 nitrogen and oxygen atoms in total. The topological polar surface area (TPSA) is 134 Å². The van der Waals surface area contributed by atoms with Gasteiger partial charge in [-0.1, -0.05) is 96.1 Å². The van der Waals surface area contributed by atoms with E-state index in [1.54, 1.807) is 61.9 Å². The highest BCUT2D eigenvalue weighted by Crippen LogP contribution is 2.33. The highest BCUT2D eigenvalue weighted by Gasteiger charge is 2.36. The summed E-state index contributed by atoms with van der Waals surface area (Å²) >= 11 is 0. The first kappa shape index (κ1) is 56.2. The van der Waals surface area contributed by atoms with Crippen LogP contribution in [0.15, 0.2) is 59.8 Å². The molecule has 0 aromatic heterocycles. The number of allylic oxidation sites excluding steroid dienone is 2. The first-order chi connectivity index (χ1) is 30.0. The Morgan fingerprint density at radius 3 is 1.92 bits per heavy atom. The number of esters is 2. The molecule has 12 heteroatoms. The molecule has 2 aliphatic rings. The Morgan fingerprint density at radius 1 is 0.746 bits per heavy atom. The van der Waals surface area contributed by atoms with Gasteiger partial charge in [-0.25, -0.2) is 9.59 Å². The molecule has 0 fully saturated rings. The van der Waals surface area contributed by atoms with Crippen molar-refractivity contribution in [2.75, 3.05) is 49.8 Å². The van der Waals surface area contributed by atoms with Crippen LogP contribution in [0.3, 0.4) is 0 Å². The summed E-state index contributed by atoms with van der Waals surface area (Å²) in [6, 6.07) is 0. The van der Waals surface area contributed by atoms with Crippen LogP contribution in [0.2, 0.25) is 0 Å². The van der Waals surface area contributed by atoms with Crippen LogP contribution >= 0.6 is 0 Å². The second-order valence-electron chi connectivity index (χ2n) is 17.9. The van der Waals surface area contributed by atoms with Gasteiger partial charge >= 0.3 is 11.9 Å². The van der Waals surface area contributed by atoms with Crippen molar-refractivity contribution in [3.8, 4) is 0 Å². The zero-order chi connectivity index (χ0) is 47.2. The minimum Gasteiger partial charge on any atom is -0.458 e. The Labute approximate surface area is 380 Å². The second kappa shape index (κ2) is 29.5. The number of Topliss-reactive ketones (excluding diaryl/α,β-unsaturated/α-hetero) is 1. The van der Waals surface area contributed by atoms with Crippen molar-refractivity contribution < 1.29 is 57.0 Å². The summed E-state index contributed by atoms with van der Waals surface area (Å²) in [7, 11) is 11.7. The van der Waals surface area contributed by atoms with Crippen LogP contribution in [0.1, 0.15) is 107 Å². The fraction of sp³-hybridized carbons (Fsp3) is 0.745. The smallest absolute Gasteiger partial charge is 0.331 e. The molecule has 0 saturated carbocycles. The summed E-state index contributed by atoms with van der Waals surface area (Å²) < 4.78 is 53.6. The Hall–Kier alpha value is -2.97. The number of rotatable bonds is 16. The molecule has 360 valence electrons. The van der Waals surface area contributed by atoms with Crippen LogP contribution < -0.4 is 0 Å². The average Bonchev–Trinajstić information content (AvgIpc) is 3.26. The van der Waals surface area contributed by atoms with Gasteiger partial charge in [0.1, 0.15) is 18.0 Å². The molecule has 0 spiro atoms. The fourth-order valence-corrected chi connectivity index (χ4v) is 9.19. The van der Waals surface area contributed by atoms with E-state index >= 15 is 0 Å². The predicted octanol–water partition coefficient (Wildman–Crippen LogP) is 9.01. The Kier molecular flexibility index (Phi) is 26.3. The number of fused-ring (bicyclic) bond motifs is 2. The standard InChI is InChI=1S/C51H84O12/c1-16-44(58-12)36(6)43(52)25-22-34(4)50(61-15)38(8)51-35(5)21-24-40(55-9)30-45(59-13)33(3)20-23-41(56-10)31-46(60-14)37(7)47-28-39(29-49(54)62-47)27-42(57-11)26-32(2)18-17-19-48(53)63-51/h17-21,23-24,29,33-38,40-42,44-47,50-51H,16,22,25-28,30-31H2,1-15H3/b19-17+,23-20+,24-21+,32-18+/t33-,34-,35-,36-,37+,38-,40-,41+,42+,44+,45-,46+,47+,50-,51-/m0/s1. The Bertz CT molecular complexity index is 1510. The molecule has 0 amide bonds. The summed E-state index contributed by atoms with van der Waals surface area (Å²) in [6.45, 7) is 16.3. The number of carbonyl (C=O) groups is 3. The van der Waals surface area contributed by atoms with Gasteiger partial charge in [0.15, 0.2) is 0 Å². The number of ketones is 1. The molecule has 0 aromatic carbocycles. The van der Waals surface area contributed by atoms with Crippen LogP contribution in [0, 0.1) is 35.5 Å². The number of methoxy groups -OCH3 is 7. The summed E-state index contributed by atoms with van der Waals surface area (Å²) in [5, 5.41) is 0. The summed E-state index contributed by atoms with van der Waals surface area (Å²) in [6.07, 6.45) is 17.0. The highest BCUT2D eigenvalue weighted by atomic mass is 16.6. The Balaban J connectivity index is 2.53. The maximum Gasteiger partial charge on any atom is 0.331 e. The van der Waals surface area contributed by atoms with Gasteiger partial charge in [0.25, 0.3) is 0 Å². The zero-order valence-corrected chi connectivity index (χ0v) is 41.3. The van der Waals surface area contributed by atoms with E-state index in [4.69, 9.17) is 42.6 Å². The largest absolute Gasteiger partial charge is 0.458 e. The second-order valence-corrected chi connectivity index (χ2v) is 17.9. The maximum absolute atomic E-state index is 13.6. The molecule has 2 aliphatic heterocycles.